The van der Waals surface area contributed by atoms with Crippen LogP contribution in [0.4, 0.5) is 0 Å². The van der Waals surface area contributed by atoms with Gasteiger partial charge in [-0.2, -0.15) is 0 Å². The second-order valence-electron chi connectivity index (χ2n) is 5.21. The highest BCUT2D eigenvalue weighted by Crippen LogP contribution is 2.17. The van der Waals surface area contributed by atoms with Gasteiger partial charge in [-0.25, -0.2) is 19.2 Å². The molecule has 0 fully saturated rings. The largest absolute Gasteiger partial charge is 0.478 e. The summed E-state index contributed by atoms with van der Waals surface area (Å²) >= 11 is 0. The highest BCUT2D eigenvalue weighted by molar-refractivity contribution is 5.94. The summed E-state index contributed by atoms with van der Waals surface area (Å²) in [6.45, 7) is 3.20. The zero-order valence-corrected chi connectivity index (χ0v) is 13.9. The van der Waals surface area contributed by atoms with Gasteiger partial charge in [0, 0.05) is 0 Å². The van der Waals surface area contributed by atoms with Crippen molar-refractivity contribution in [2.24, 2.45) is 0 Å². The molecule has 0 unspecified atom stereocenters. The zero-order chi connectivity index (χ0) is 20.0. The van der Waals surface area contributed by atoms with Crippen molar-refractivity contribution in [3.63, 3.8) is 0 Å². The summed E-state index contributed by atoms with van der Waals surface area (Å²) in [6.07, 6.45) is 0. The van der Waals surface area contributed by atoms with Gasteiger partial charge in [-0.15, -0.1) is 0 Å². The van der Waals surface area contributed by atoms with Crippen LogP contribution in [0.25, 0.3) is 0 Å². The monoisotopic (exact) mass is 360 g/mol. The molecule has 136 valence electrons. The maximum Gasteiger partial charge on any atom is 0.335 e. The molecule has 8 heteroatoms. The maximum atomic E-state index is 10.7. The first kappa shape index (κ1) is 20.4. The Hall–Kier alpha value is -3.68. The van der Waals surface area contributed by atoms with E-state index in [0.717, 1.165) is 0 Å². The number of hydrogen-bond donors (Lipinski definition) is 4. The predicted molar refractivity (Wildman–Crippen MR) is 90.2 cm³/mol. The molecule has 0 heterocycles. The van der Waals surface area contributed by atoms with Crippen molar-refractivity contribution < 1.29 is 39.6 Å². The summed E-state index contributed by atoms with van der Waals surface area (Å²) < 4.78 is 0. The Labute approximate surface area is 148 Å². The Morgan fingerprint density at radius 1 is 0.538 bits per heavy atom. The van der Waals surface area contributed by atoms with E-state index >= 15 is 0 Å². The van der Waals surface area contributed by atoms with Crippen LogP contribution in [0.3, 0.4) is 0 Å². The molecule has 0 radical (unpaired) electrons. The Kier molecular flexibility index (Phi) is 6.60. The van der Waals surface area contributed by atoms with Crippen LogP contribution in [0.2, 0.25) is 0 Å². The summed E-state index contributed by atoms with van der Waals surface area (Å²) in [5, 5.41) is 34.5. The lowest BCUT2D eigenvalue weighted by molar-refractivity contribution is 0.0679. The minimum absolute atomic E-state index is 0.0833. The first-order chi connectivity index (χ1) is 12.1. The fourth-order valence-corrected chi connectivity index (χ4v) is 2.04. The Morgan fingerprint density at radius 3 is 1.00 bits per heavy atom. The Bertz CT molecular complexity index is 794. The average molecular weight is 360 g/mol. The minimum Gasteiger partial charge on any atom is -0.478 e. The lowest BCUT2D eigenvalue weighted by Crippen LogP contribution is -2.06. The van der Waals surface area contributed by atoms with Gasteiger partial charge in [0.1, 0.15) is 0 Å². The van der Waals surface area contributed by atoms with Gasteiger partial charge in [-0.3, -0.25) is 0 Å². The molecule has 8 nitrogen and oxygen atoms in total. The molecule has 0 aliphatic heterocycles. The SMILES string of the molecule is Cc1c(C(=O)O)ccc(C(=O)O)c1C.O=C(O)c1ccc(C(=O)O)cc1. The van der Waals surface area contributed by atoms with Gasteiger partial charge in [-0.1, -0.05) is 0 Å². The molecule has 0 aliphatic rings. The smallest absolute Gasteiger partial charge is 0.335 e. The zero-order valence-electron chi connectivity index (χ0n) is 13.9. The molecular formula is C18H16O8. The van der Waals surface area contributed by atoms with Gasteiger partial charge < -0.3 is 20.4 Å². The van der Waals surface area contributed by atoms with Gasteiger partial charge in [0.2, 0.25) is 0 Å². The van der Waals surface area contributed by atoms with Gasteiger partial charge in [-0.05, 0) is 61.4 Å². The molecular weight excluding hydrogens is 344 g/mol. The summed E-state index contributed by atoms with van der Waals surface area (Å²) in [5.74, 6) is -4.20. The van der Waals surface area contributed by atoms with E-state index in [9.17, 15) is 19.2 Å². The van der Waals surface area contributed by atoms with Crippen LogP contribution in [-0.4, -0.2) is 44.3 Å². The third kappa shape index (κ3) is 4.91. The van der Waals surface area contributed by atoms with Crippen LogP contribution in [0.1, 0.15) is 52.6 Å². The van der Waals surface area contributed by atoms with Crippen LogP contribution in [0.5, 0.6) is 0 Å². The van der Waals surface area contributed by atoms with E-state index in [-0.39, 0.29) is 22.3 Å². The van der Waals surface area contributed by atoms with E-state index in [2.05, 4.69) is 0 Å². The highest BCUT2D eigenvalue weighted by Gasteiger charge is 2.14. The van der Waals surface area contributed by atoms with E-state index in [1.807, 2.05) is 0 Å². The molecule has 0 bridgehead atoms. The number of carbonyl (C=O) groups is 4. The molecule has 2 aromatic carbocycles. The minimum atomic E-state index is -1.06. The molecule has 0 saturated carbocycles. The second-order valence-corrected chi connectivity index (χ2v) is 5.21. The van der Waals surface area contributed by atoms with Crippen LogP contribution in [0, 0.1) is 13.8 Å². The summed E-state index contributed by atoms with van der Waals surface area (Å²) in [4.78, 5) is 42.1. The van der Waals surface area contributed by atoms with Gasteiger partial charge in [0.05, 0.1) is 22.3 Å². The average Bonchev–Trinajstić information content (AvgIpc) is 2.57. The van der Waals surface area contributed by atoms with Crippen molar-refractivity contribution in [2.75, 3.05) is 0 Å². The van der Waals surface area contributed by atoms with Crippen molar-refractivity contribution in [1.29, 1.82) is 0 Å². The number of benzene rings is 2. The number of aromatic carboxylic acids is 4. The molecule has 2 aromatic rings. The number of carboxylic acid groups (broad SMARTS) is 4. The van der Waals surface area contributed by atoms with Gasteiger partial charge >= 0.3 is 23.9 Å². The van der Waals surface area contributed by atoms with E-state index in [4.69, 9.17) is 20.4 Å². The van der Waals surface area contributed by atoms with Crippen LogP contribution >= 0.6 is 0 Å². The molecule has 0 aliphatic carbocycles. The Morgan fingerprint density at radius 2 is 0.808 bits per heavy atom. The van der Waals surface area contributed by atoms with Crippen molar-refractivity contribution in [3.8, 4) is 0 Å². The van der Waals surface area contributed by atoms with Crippen molar-refractivity contribution >= 4 is 23.9 Å². The first-order valence-corrected chi connectivity index (χ1v) is 7.19. The summed E-state index contributed by atoms with van der Waals surface area (Å²) in [5.41, 5.74) is 1.45. The molecule has 26 heavy (non-hydrogen) atoms. The lowest BCUT2D eigenvalue weighted by Gasteiger charge is -2.07. The third-order valence-corrected chi connectivity index (χ3v) is 3.63. The molecule has 2 rings (SSSR count). The third-order valence-electron chi connectivity index (χ3n) is 3.63. The van der Waals surface area contributed by atoms with E-state index in [0.29, 0.717) is 11.1 Å². The molecule has 4 N–H and O–H groups in total. The summed E-state index contributed by atoms with van der Waals surface area (Å²) in [6, 6.07) is 7.65. The van der Waals surface area contributed by atoms with Crippen molar-refractivity contribution in [1.82, 2.24) is 0 Å². The molecule has 0 aromatic heterocycles. The summed E-state index contributed by atoms with van der Waals surface area (Å²) in [7, 11) is 0. The van der Waals surface area contributed by atoms with E-state index in [1.165, 1.54) is 36.4 Å². The number of rotatable bonds is 4. The van der Waals surface area contributed by atoms with Crippen LogP contribution in [0.15, 0.2) is 36.4 Å². The van der Waals surface area contributed by atoms with Crippen molar-refractivity contribution in [3.05, 3.63) is 69.8 Å². The van der Waals surface area contributed by atoms with E-state index in [1.54, 1.807) is 13.8 Å². The number of carboxylic acids is 4. The lowest BCUT2D eigenvalue weighted by atomic mass is 9.98. The van der Waals surface area contributed by atoms with Crippen molar-refractivity contribution in [2.45, 2.75) is 13.8 Å². The fraction of sp³-hybridized carbons (Fsp3) is 0.111. The van der Waals surface area contributed by atoms with Crippen LogP contribution in [-0.2, 0) is 0 Å². The molecule has 0 spiro atoms. The second kappa shape index (κ2) is 8.43. The Balaban J connectivity index is 0.000000263. The highest BCUT2D eigenvalue weighted by atomic mass is 16.4. The quantitative estimate of drug-likeness (QED) is 0.650. The molecule has 0 amide bonds. The van der Waals surface area contributed by atoms with Crippen LogP contribution < -0.4 is 0 Å². The number of hydrogen-bond acceptors (Lipinski definition) is 4. The normalized spacial score (nSPS) is 9.62. The standard InChI is InChI=1S/C10H10O4.C8H6O4/c1-5-6(2)8(10(13)14)4-3-7(5)9(11)12;9-7(10)5-1-2-6(4-3-5)8(11)12/h3-4H,1-2H3,(H,11,12)(H,13,14);1-4H,(H,9,10)(H,11,12). The molecule has 0 atom stereocenters. The fourth-order valence-electron chi connectivity index (χ4n) is 2.04. The maximum absolute atomic E-state index is 10.7. The topological polar surface area (TPSA) is 149 Å². The van der Waals surface area contributed by atoms with Gasteiger partial charge in [0.25, 0.3) is 0 Å². The predicted octanol–water partition coefficient (Wildman–Crippen LogP) is 2.78. The van der Waals surface area contributed by atoms with Gasteiger partial charge in [0.15, 0.2) is 0 Å². The molecule has 0 saturated heterocycles. The van der Waals surface area contributed by atoms with E-state index < -0.39 is 23.9 Å². The first-order valence-electron chi connectivity index (χ1n) is 7.19.